The van der Waals surface area contributed by atoms with E-state index in [1.165, 1.54) is 72.2 Å². The lowest BCUT2D eigenvalue weighted by Crippen LogP contribution is -2.47. The van der Waals surface area contributed by atoms with Gasteiger partial charge in [-0.3, -0.25) is 0 Å². The zero-order valence-electron chi connectivity index (χ0n) is 28.4. The molecule has 1 atom stereocenters. The molecular weight excluding hydrogens is 715 g/mol. The van der Waals surface area contributed by atoms with Crippen LogP contribution < -0.4 is 9.80 Å². The molecule has 8 rings (SSSR count). The topological polar surface area (TPSA) is 40.4 Å². The van der Waals surface area contributed by atoms with E-state index in [0.717, 1.165) is 48.3 Å². The van der Waals surface area contributed by atoms with Gasteiger partial charge in [0, 0.05) is 66.1 Å². The minimum atomic E-state index is 0.0802. The van der Waals surface area contributed by atoms with Crippen LogP contribution in [-0.2, 0) is 6.42 Å². The van der Waals surface area contributed by atoms with Crippen LogP contribution in [0.15, 0.2) is 104 Å². The fourth-order valence-corrected chi connectivity index (χ4v) is 9.63. The van der Waals surface area contributed by atoms with Crippen LogP contribution in [0.4, 0.5) is 11.4 Å². The first-order valence-corrected chi connectivity index (χ1v) is 21.1. The predicted octanol–water partition coefficient (Wildman–Crippen LogP) is 8.65. The van der Waals surface area contributed by atoms with E-state index < -0.39 is 0 Å². The van der Waals surface area contributed by atoms with Gasteiger partial charge in [-0.1, -0.05) is 59.1 Å². The third-order valence-corrected chi connectivity index (χ3v) is 12.6. The van der Waals surface area contributed by atoms with E-state index in [0.29, 0.717) is 18.0 Å². The Morgan fingerprint density at radius 2 is 1.59 bits per heavy atom. The number of hydrogen-bond donors (Lipinski definition) is 0. The van der Waals surface area contributed by atoms with E-state index in [1.54, 1.807) is 5.56 Å². The molecule has 0 N–H and O–H groups in total. The Bertz CT molecular complexity index is 1900. The summed E-state index contributed by atoms with van der Waals surface area (Å²) < 4.78 is 7.66. The summed E-state index contributed by atoms with van der Waals surface area (Å²) >= 11 is 0.0802. The molecule has 49 heavy (non-hydrogen) atoms. The van der Waals surface area contributed by atoms with Crippen molar-refractivity contribution in [2.45, 2.75) is 56.5 Å². The van der Waals surface area contributed by atoms with Crippen molar-refractivity contribution >= 4 is 47.7 Å². The smallest absolute Gasteiger partial charge is 0.111 e. The van der Waals surface area contributed by atoms with Crippen molar-refractivity contribution in [3.05, 3.63) is 115 Å². The highest BCUT2D eigenvalue weighted by atomic mass is 127. The molecule has 3 aromatic carbocycles. The highest BCUT2D eigenvalue weighted by molar-refractivity contribution is 14.2. The second kappa shape index (κ2) is 14.6. The summed E-state index contributed by atoms with van der Waals surface area (Å²) in [6.07, 6.45) is 11.6. The quantitative estimate of drug-likeness (QED) is 0.0810. The molecule has 0 spiro atoms. The number of alkyl halides is 1. The van der Waals surface area contributed by atoms with Crippen molar-refractivity contribution in [1.29, 1.82) is 0 Å². The van der Waals surface area contributed by atoms with Crippen molar-refractivity contribution in [2.75, 3.05) is 47.0 Å². The van der Waals surface area contributed by atoms with Crippen LogP contribution in [0.3, 0.4) is 0 Å². The molecule has 2 saturated heterocycles. The summed E-state index contributed by atoms with van der Waals surface area (Å²) in [6.45, 7) is 10.0. The lowest BCUT2D eigenvalue weighted by molar-refractivity contribution is 0.132. The summed E-state index contributed by atoms with van der Waals surface area (Å²) in [5.74, 6) is 0.632. The van der Waals surface area contributed by atoms with Crippen molar-refractivity contribution in [3.8, 4) is 16.9 Å². The van der Waals surface area contributed by atoms with Gasteiger partial charge in [-0.2, -0.15) is 0 Å². The summed E-state index contributed by atoms with van der Waals surface area (Å²) in [6, 6.07) is 31.9. The van der Waals surface area contributed by atoms with Gasteiger partial charge in [0.25, 0.3) is 0 Å². The van der Waals surface area contributed by atoms with E-state index in [4.69, 9.17) is 0 Å². The maximum atomic E-state index is 4.51. The van der Waals surface area contributed by atoms with Gasteiger partial charge in [-0.05, 0) is 104 Å². The first kappa shape index (κ1) is 32.4. The largest absolute Gasteiger partial charge is 0.371 e. The average molecular weight is 763 g/mol. The van der Waals surface area contributed by atoms with Crippen LogP contribution in [0.2, 0.25) is 0 Å². The Kier molecular flexibility index (Phi) is 9.63. The van der Waals surface area contributed by atoms with Crippen LogP contribution in [0.1, 0.15) is 49.1 Å². The molecule has 2 fully saturated rings. The molecule has 2 aromatic heterocycles. The molecule has 0 radical (unpaired) electrons. The molecule has 6 nitrogen and oxygen atoms in total. The van der Waals surface area contributed by atoms with Gasteiger partial charge in [-0.25, -0.2) is 0 Å². The van der Waals surface area contributed by atoms with Crippen molar-refractivity contribution in [1.82, 2.24) is 19.7 Å². The molecule has 5 heterocycles. The summed E-state index contributed by atoms with van der Waals surface area (Å²) in [5, 5.41) is 8.98. The van der Waals surface area contributed by atoms with Gasteiger partial charge in [0.1, 0.15) is 5.52 Å². The number of rotatable bonds is 10. The number of anilines is 2. The molecule has 0 saturated carbocycles. The predicted molar refractivity (Wildman–Crippen MR) is 215 cm³/mol. The molecule has 7 heteroatoms. The number of fused-ring (bicyclic) bond motifs is 2. The van der Waals surface area contributed by atoms with Crippen molar-refractivity contribution in [2.24, 2.45) is 0 Å². The zero-order valence-corrected chi connectivity index (χ0v) is 30.6. The Morgan fingerprint density at radius 3 is 2.35 bits per heavy atom. The number of nitrogens with zero attached hydrogens (tertiary/aromatic N) is 6. The average Bonchev–Trinajstić information content (AvgIpc) is 3.80. The summed E-state index contributed by atoms with van der Waals surface area (Å²) in [5.41, 5.74) is 11.1. The lowest BCUT2D eigenvalue weighted by Gasteiger charge is -2.43. The first-order chi connectivity index (χ1) is 24.2. The number of benzene rings is 3. The highest BCUT2D eigenvalue weighted by Gasteiger charge is 2.32. The van der Waals surface area contributed by atoms with E-state index in [9.17, 15) is 0 Å². The number of piperidine rings is 2. The molecule has 3 aliphatic rings. The van der Waals surface area contributed by atoms with Gasteiger partial charge < -0.3 is 19.3 Å². The van der Waals surface area contributed by atoms with E-state index in [1.807, 2.05) is 18.2 Å². The first-order valence-electron chi connectivity index (χ1n) is 18.0. The third kappa shape index (κ3) is 6.59. The van der Waals surface area contributed by atoms with E-state index in [2.05, 4.69) is 120 Å². The van der Waals surface area contributed by atoms with Gasteiger partial charge in [0.05, 0.1) is 11.2 Å². The normalized spacial score (nSPS) is 18.2. The molecule has 0 amide bonds. The van der Waals surface area contributed by atoms with Gasteiger partial charge >= 0.3 is 0 Å². The maximum absolute atomic E-state index is 4.51. The zero-order chi connectivity index (χ0) is 33.2. The van der Waals surface area contributed by atoms with Gasteiger partial charge in [-0.15, -0.1) is 37.5 Å². The van der Waals surface area contributed by atoms with Crippen molar-refractivity contribution in [3.63, 3.8) is 0 Å². The Morgan fingerprint density at radius 1 is 0.816 bits per heavy atom. The minimum Gasteiger partial charge on any atom is -0.371 e. The van der Waals surface area contributed by atoms with Crippen LogP contribution in [0, 0.1) is 0 Å². The number of halogens is 1. The molecule has 0 aliphatic carbocycles. The van der Waals surface area contributed by atoms with E-state index >= 15 is 0 Å². The molecule has 1 unspecified atom stereocenters. The minimum absolute atomic E-state index is 0.0802. The van der Waals surface area contributed by atoms with Gasteiger partial charge in [0.15, 0.2) is 0 Å². The summed E-state index contributed by atoms with van der Waals surface area (Å²) in [4.78, 5) is 8.09. The van der Waals surface area contributed by atoms with Crippen LogP contribution in [0.5, 0.6) is 0 Å². The second-order valence-corrected chi connectivity index (χ2v) is 16.0. The molecular formula is C42H47IN6. The molecule has 0 bridgehead atoms. The fourth-order valence-electron chi connectivity index (χ4n) is 8.55. The van der Waals surface area contributed by atoms with Crippen LogP contribution >= 0.6 is 20.7 Å². The van der Waals surface area contributed by atoms with Gasteiger partial charge in [0.2, 0.25) is 0 Å². The van der Waals surface area contributed by atoms with E-state index in [-0.39, 0.29) is 20.7 Å². The monoisotopic (exact) mass is 762 g/mol. The van der Waals surface area contributed by atoms with Crippen LogP contribution in [-0.4, -0.2) is 73.4 Å². The number of likely N-dealkylation sites (tertiary alicyclic amines) is 1. The standard InChI is InChI=1S/C42H47IN6/c1-3-34(16-23-43-2)48-28-21-37-40(10-7-11-41(37)48)47-26-19-35(20-27-47)46-24-17-32(18-25-46)31-12-14-36(15-13-31)49-29-22-38-42(49)30-39(45-44-38)33-8-5-4-6-9-33/h3-15,22,29-30,32,34-35H,1-2,16-21,23-28H2. The Hall–Kier alpha value is -3.82. The Labute approximate surface area is 301 Å². The number of aromatic nitrogens is 3. The maximum Gasteiger partial charge on any atom is 0.111 e. The fraction of sp³-hybridized carbons (Fsp3) is 0.357. The van der Waals surface area contributed by atoms with Crippen LogP contribution in [0.25, 0.3) is 28.0 Å². The van der Waals surface area contributed by atoms with Crippen molar-refractivity contribution < 1.29 is 0 Å². The third-order valence-electron chi connectivity index (χ3n) is 11.3. The number of hydrogen-bond acceptors (Lipinski definition) is 5. The molecule has 5 aromatic rings. The molecule has 252 valence electrons. The Balaban J connectivity index is 0.870. The lowest BCUT2D eigenvalue weighted by atomic mass is 9.88. The molecule has 3 aliphatic heterocycles. The SMILES string of the molecule is C=CC(CCI=C)N1CCc2c(N3CCC(N4CCC(c5ccc(-n6ccc7nnc(-c8ccccc8)cc76)cc5)CC4)CC3)cccc21. The highest BCUT2D eigenvalue weighted by Crippen LogP contribution is 2.39. The second-order valence-electron chi connectivity index (χ2n) is 13.9. The summed E-state index contributed by atoms with van der Waals surface area (Å²) in [7, 11) is 0.